The Bertz CT molecular complexity index is 910. The molecule has 0 radical (unpaired) electrons. The van der Waals surface area contributed by atoms with Gasteiger partial charge in [-0.15, -0.1) is 0 Å². The standard InChI is InChI=1S/C20H30N6O5/c1-12(10-30-3)26(20(28)29)15-6-5-13(7-15)16-9-18(23-22-16)21-19(27)17-8-14(11-31-4)24-25(17)2/h8-9,12-13,15H,5-7,10-11H2,1-4H3,(H,28,29)(H2,21,22,23,27)/t12-,13-,15+/m0/s1. The van der Waals surface area contributed by atoms with E-state index in [4.69, 9.17) is 9.47 Å². The quantitative estimate of drug-likeness (QED) is 0.551. The molecular formula is C20H30N6O5. The number of hydrogen-bond acceptors (Lipinski definition) is 6. The number of amides is 2. The first-order chi connectivity index (χ1) is 14.8. The normalized spacial score (nSPS) is 19.4. The van der Waals surface area contributed by atoms with E-state index in [1.165, 1.54) is 9.58 Å². The molecule has 2 aromatic heterocycles. The average Bonchev–Trinajstić information content (AvgIpc) is 3.42. The minimum Gasteiger partial charge on any atom is -0.465 e. The van der Waals surface area contributed by atoms with Gasteiger partial charge in [-0.05, 0) is 32.3 Å². The Hall–Kier alpha value is -2.92. The summed E-state index contributed by atoms with van der Waals surface area (Å²) in [6, 6.07) is 3.18. The molecule has 0 spiro atoms. The van der Waals surface area contributed by atoms with Gasteiger partial charge in [0.1, 0.15) is 5.69 Å². The number of carbonyl (C=O) groups excluding carboxylic acids is 1. The summed E-state index contributed by atoms with van der Waals surface area (Å²) in [7, 11) is 4.83. The molecule has 1 aliphatic carbocycles. The van der Waals surface area contributed by atoms with Crippen LogP contribution in [0.15, 0.2) is 12.1 Å². The second kappa shape index (κ2) is 9.92. The van der Waals surface area contributed by atoms with E-state index in [-0.39, 0.29) is 23.9 Å². The molecule has 0 bridgehead atoms. The predicted molar refractivity (Wildman–Crippen MR) is 112 cm³/mol. The number of aromatic nitrogens is 4. The average molecular weight is 434 g/mol. The third-order valence-electron chi connectivity index (χ3n) is 5.64. The van der Waals surface area contributed by atoms with E-state index >= 15 is 0 Å². The lowest BCUT2D eigenvalue weighted by atomic mass is 10.0. The van der Waals surface area contributed by atoms with Crippen molar-refractivity contribution in [3.8, 4) is 0 Å². The molecule has 0 aliphatic heterocycles. The van der Waals surface area contributed by atoms with E-state index in [9.17, 15) is 14.7 Å². The number of carbonyl (C=O) groups is 2. The van der Waals surface area contributed by atoms with Crippen LogP contribution >= 0.6 is 0 Å². The Morgan fingerprint density at radius 1 is 1.35 bits per heavy atom. The van der Waals surface area contributed by atoms with Crippen LogP contribution in [0.1, 0.15) is 54.0 Å². The summed E-state index contributed by atoms with van der Waals surface area (Å²) in [5.74, 6) is 0.246. The molecule has 2 amide bonds. The predicted octanol–water partition coefficient (Wildman–Crippen LogP) is 2.19. The summed E-state index contributed by atoms with van der Waals surface area (Å²) < 4.78 is 11.7. The summed E-state index contributed by atoms with van der Waals surface area (Å²) in [5.41, 5.74) is 1.95. The molecule has 11 nitrogen and oxygen atoms in total. The highest BCUT2D eigenvalue weighted by Gasteiger charge is 2.36. The number of hydrogen-bond donors (Lipinski definition) is 3. The third-order valence-corrected chi connectivity index (χ3v) is 5.64. The van der Waals surface area contributed by atoms with E-state index in [0.29, 0.717) is 36.8 Å². The third kappa shape index (κ3) is 5.23. The van der Waals surface area contributed by atoms with E-state index in [1.54, 1.807) is 33.4 Å². The highest BCUT2D eigenvalue weighted by atomic mass is 16.5. The maximum absolute atomic E-state index is 12.6. The number of H-pyrrole nitrogens is 1. The Labute approximate surface area is 180 Å². The highest BCUT2D eigenvalue weighted by Crippen LogP contribution is 2.37. The number of carboxylic acid groups (broad SMARTS) is 1. The Kier molecular flexibility index (Phi) is 7.29. The maximum atomic E-state index is 12.6. The van der Waals surface area contributed by atoms with E-state index < -0.39 is 6.09 Å². The van der Waals surface area contributed by atoms with Crippen LogP contribution in [0.2, 0.25) is 0 Å². The van der Waals surface area contributed by atoms with Crippen LogP contribution in [-0.4, -0.2) is 74.9 Å². The fourth-order valence-electron chi connectivity index (χ4n) is 4.27. The molecule has 170 valence electrons. The molecule has 0 saturated heterocycles. The first-order valence-corrected chi connectivity index (χ1v) is 10.2. The molecule has 2 aromatic rings. The molecule has 1 fully saturated rings. The lowest BCUT2D eigenvalue weighted by Crippen LogP contribution is -2.46. The summed E-state index contributed by atoms with van der Waals surface area (Å²) in [4.78, 5) is 25.8. The number of ether oxygens (including phenoxy) is 2. The minimum atomic E-state index is -0.934. The van der Waals surface area contributed by atoms with Gasteiger partial charge in [0.05, 0.1) is 24.9 Å². The number of rotatable bonds is 9. The second-order valence-corrected chi connectivity index (χ2v) is 7.90. The molecule has 3 N–H and O–H groups in total. The van der Waals surface area contributed by atoms with Gasteiger partial charge in [0, 0.05) is 45.0 Å². The van der Waals surface area contributed by atoms with Gasteiger partial charge >= 0.3 is 6.09 Å². The summed E-state index contributed by atoms with van der Waals surface area (Å²) in [6.45, 7) is 2.53. The summed E-state index contributed by atoms with van der Waals surface area (Å²) >= 11 is 0. The lowest BCUT2D eigenvalue weighted by molar-refractivity contribution is 0.0646. The van der Waals surface area contributed by atoms with Gasteiger partial charge in [-0.25, -0.2) is 4.79 Å². The van der Waals surface area contributed by atoms with E-state index in [1.807, 2.05) is 6.92 Å². The van der Waals surface area contributed by atoms with Crippen molar-refractivity contribution in [2.75, 3.05) is 26.1 Å². The van der Waals surface area contributed by atoms with Gasteiger partial charge in [0.2, 0.25) is 0 Å². The summed E-state index contributed by atoms with van der Waals surface area (Å²) in [6.07, 6.45) is 1.36. The zero-order valence-electron chi connectivity index (χ0n) is 18.3. The van der Waals surface area contributed by atoms with Crippen LogP contribution in [0.3, 0.4) is 0 Å². The number of nitrogens with zero attached hydrogens (tertiary/aromatic N) is 4. The van der Waals surface area contributed by atoms with Crippen molar-refractivity contribution in [1.29, 1.82) is 0 Å². The van der Waals surface area contributed by atoms with Gasteiger partial charge < -0.3 is 24.8 Å². The lowest BCUT2D eigenvalue weighted by Gasteiger charge is -2.31. The number of aryl methyl sites for hydroxylation is 1. The van der Waals surface area contributed by atoms with Crippen molar-refractivity contribution in [3.63, 3.8) is 0 Å². The first kappa shape index (κ1) is 22.8. The first-order valence-electron chi connectivity index (χ1n) is 10.2. The van der Waals surface area contributed by atoms with E-state index in [0.717, 1.165) is 18.5 Å². The van der Waals surface area contributed by atoms with Crippen molar-refractivity contribution >= 4 is 17.8 Å². The summed E-state index contributed by atoms with van der Waals surface area (Å²) in [5, 5.41) is 23.9. The molecule has 1 aliphatic rings. The van der Waals surface area contributed by atoms with E-state index in [2.05, 4.69) is 20.6 Å². The fraction of sp³-hybridized carbons (Fsp3) is 0.600. The molecule has 31 heavy (non-hydrogen) atoms. The SMILES string of the molecule is COCc1cc(C(=O)Nc2cc([C@H]3CC[C@@H](N(C(=O)O)[C@@H](C)COC)C3)[nH]n2)n(C)n1. The van der Waals surface area contributed by atoms with Gasteiger partial charge in [-0.3, -0.25) is 14.6 Å². The zero-order chi connectivity index (χ0) is 22.5. The minimum absolute atomic E-state index is 0.0809. The van der Waals surface area contributed by atoms with Gasteiger partial charge in [0.25, 0.3) is 5.91 Å². The molecular weight excluding hydrogens is 404 g/mol. The molecule has 0 unspecified atom stereocenters. The van der Waals surface area contributed by atoms with Gasteiger partial charge in [0.15, 0.2) is 5.82 Å². The smallest absolute Gasteiger partial charge is 0.407 e. The van der Waals surface area contributed by atoms with Crippen LogP contribution in [0.4, 0.5) is 10.6 Å². The number of anilines is 1. The van der Waals surface area contributed by atoms with Gasteiger partial charge in [-0.2, -0.15) is 10.2 Å². The van der Waals surface area contributed by atoms with Crippen LogP contribution in [0, 0.1) is 0 Å². The zero-order valence-corrected chi connectivity index (χ0v) is 18.3. The van der Waals surface area contributed by atoms with Crippen LogP contribution in [-0.2, 0) is 23.1 Å². The van der Waals surface area contributed by atoms with Crippen molar-refractivity contribution < 1.29 is 24.2 Å². The van der Waals surface area contributed by atoms with Crippen molar-refractivity contribution in [1.82, 2.24) is 24.9 Å². The number of aromatic amines is 1. The van der Waals surface area contributed by atoms with Crippen molar-refractivity contribution in [2.24, 2.45) is 7.05 Å². The van der Waals surface area contributed by atoms with Crippen molar-refractivity contribution in [3.05, 3.63) is 29.2 Å². The molecule has 3 atom stereocenters. The highest BCUT2D eigenvalue weighted by molar-refractivity contribution is 6.02. The monoisotopic (exact) mass is 434 g/mol. The van der Waals surface area contributed by atoms with Crippen LogP contribution in [0.25, 0.3) is 0 Å². The molecule has 2 heterocycles. The van der Waals surface area contributed by atoms with Crippen LogP contribution < -0.4 is 5.32 Å². The van der Waals surface area contributed by atoms with Crippen LogP contribution in [0.5, 0.6) is 0 Å². The Morgan fingerprint density at radius 3 is 2.81 bits per heavy atom. The largest absolute Gasteiger partial charge is 0.465 e. The maximum Gasteiger partial charge on any atom is 0.407 e. The molecule has 1 saturated carbocycles. The number of methoxy groups -OCH3 is 2. The number of nitrogens with one attached hydrogen (secondary N) is 2. The van der Waals surface area contributed by atoms with Gasteiger partial charge in [-0.1, -0.05) is 0 Å². The Morgan fingerprint density at radius 2 is 2.13 bits per heavy atom. The molecule has 11 heteroatoms. The topological polar surface area (TPSA) is 135 Å². The Balaban J connectivity index is 1.63. The fourth-order valence-corrected chi connectivity index (χ4v) is 4.27. The van der Waals surface area contributed by atoms with Crippen molar-refractivity contribution in [2.45, 2.75) is 50.8 Å². The molecule has 3 rings (SSSR count). The second-order valence-electron chi connectivity index (χ2n) is 7.90. The molecule has 0 aromatic carbocycles.